The lowest BCUT2D eigenvalue weighted by molar-refractivity contribution is -0.127. The summed E-state index contributed by atoms with van der Waals surface area (Å²) in [7, 11) is 0. The van der Waals surface area contributed by atoms with E-state index < -0.39 is 35.2 Å². The Morgan fingerprint density at radius 1 is 1.16 bits per heavy atom. The Morgan fingerprint density at radius 2 is 1.87 bits per heavy atom. The zero-order chi connectivity index (χ0) is 22.5. The number of amides is 3. The summed E-state index contributed by atoms with van der Waals surface area (Å²) in [6.45, 7) is 4.09. The molecule has 0 spiro atoms. The van der Waals surface area contributed by atoms with Gasteiger partial charge in [-0.2, -0.15) is 0 Å². The Hall–Kier alpha value is -3.20. The topological polar surface area (TPSA) is 75.7 Å². The molecule has 1 N–H and O–H groups in total. The maximum atomic E-state index is 13.7. The monoisotopic (exact) mass is 446 g/mol. The van der Waals surface area contributed by atoms with Crippen molar-refractivity contribution in [3.8, 4) is 5.75 Å². The van der Waals surface area contributed by atoms with Gasteiger partial charge in [-0.25, -0.2) is 8.78 Å². The molecule has 0 bridgehead atoms. The van der Waals surface area contributed by atoms with Crippen molar-refractivity contribution in [3.05, 3.63) is 64.6 Å². The van der Waals surface area contributed by atoms with Gasteiger partial charge < -0.3 is 10.1 Å². The van der Waals surface area contributed by atoms with E-state index in [9.17, 15) is 23.2 Å². The number of nitrogens with zero attached hydrogens (tertiary/aromatic N) is 1. The normalized spacial score (nSPS) is 15.1. The van der Waals surface area contributed by atoms with Gasteiger partial charge in [0.1, 0.15) is 23.9 Å². The number of imide groups is 1. The van der Waals surface area contributed by atoms with E-state index in [0.29, 0.717) is 41.7 Å². The quantitative estimate of drug-likeness (QED) is 0.626. The summed E-state index contributed by atoms with van der Waals surface area (Å²) in [5, 5.41) is 1.62. The van der Waals surface area contributed by atoms with E-state index in [0.717, 1.165) is 17.0 Å². The number of anilines is 1. The molecule has 6 nitrogen and oxygen atoms in total. The zero-order valence-corrected chi connectivity index (χ0v) is 17.7. The average Bonchev–Trinajstić information content (AvgIpc) is 2.97. The minimum atomic E-state index is -0.955. The van der Waals surface area contributed by atoms with E-state index >= 15 is 0 Å². The van der Waals surface area contributed by atoms with Gasteiger partial charge in [-0.05, 0) is 53.6 Å². The Labute approximate surface area is 182 Å². The average molecular weight is 446 g/mol. The molecule has 3 amide bonds. The van der Waals surface area contributed by atoms with Crippen molar-refractivity contribution in [1.82, 2.24) is 4.90 Å². The first-order valence-electron chi connectivity index (χ1n) is 9.46. The number of carbonyl (C=O) groups is 3. The van der Waals surface area contributed by atoms with Crippen LogP contribution in [-0.2, 0) is 9.59 Å². The number of hydrogen-bond acceptors (Lipinski definition) is 5. The van der Waals surface area contributed by atoms with Crippen LogP contribution in [0.1, 0.15) is 19.4 Å². The first kappa shape index (κ1) is 22.5. The Balaban J connectivity index is 1.64. The molecule has 0 aliphatic carbocycles. The molecule has 1 aliphatic rings. The van der Waals surface area contributed by atoms with Crippen LogP contribution in [-0.4, -0.2) is 35.1 Å². The molecule has 1 heterocycles. The molecule has 0 aromatic heterocycles. The van der Waals surface area contributed by atoms with E-state index in [1.165, 1.54) is 0 Å². The number of ether oxygens (including phenoxy) is 1. The van der Waals surface area contributed by atoms with Crippen LogP contribution in [0.25, 0.3) is 6.08 Å². The van der Waals surface area contributed by atoms with E-state index in [1.807, 2.05) is 13.8 Å². The minimum absolute atomic E-state index is 0.168. The molecule has 0 unspecified atom stereocenters. The third kappa shape index (κ3) is 5.91. The molecule has 3 rings (SSSR count). The van der Waals surface area contributed by atoms with E-state index in [2.05, 4.69) is 5.32 Å². The molecular weight excluding hydrogens is 426 g/mol. The molecular formula is C22H20F2N2O4S. The largest absolute Gasteiger partial charge is 0.493 e. The number of halogens is 2. The summed E-state index contributed by atoms with van der Waals surface area (Å²) in [6, 6.07) is 9.72. The third-order valence-corrected chi connectivity index (χ3v) is 5.05. The van der Waals surface area contributed by atoms with Gasteiger partial charge >= 0.3 is 0 Å². The fourth-order valence-corrected chi connectivity index (χ4v) is 3.47. The lowest BCUT2D eigenvalue weighted by atomic mass is 10.2. The Bertz CT molecular complexity index is 1040. The highest BCUT2D eigenvalue weighted by molar-refractivity contribution is 8.18. The van der Waals surface area contributed by atoms with Gasteiger partial charge in [-0.3, -0.25) is 19.3 Å². The summed E-state index contributed by atoms with van der Waals surface area (Å²) in [6.07, 6.45) is 1.55. The molecule has 162 valence electrons. The van der Waals surface area contributed by atoms with Crippen LogP contribution in [0.5, 0.6) is 5.75 Å². The SMILES string of the molecule is CC(C)COc1ccc(C=C2SC(=O)N(CC(=O)Nc3ccc(F)cc3F)C2=O)cc1. The van der Waals surface area contributed by atoms with Crippen LogP contribution < -0.4 is 10.1 Å². The summed E-state index contributed by atoms with van der Waals surface area (Å²) in [5.41, 5.74) is 0.453. The van der Waals surface area contributed by atoms with Gasteiger partial charge in [0, 0.05) is 6.07 Å². The van der Waals surface area contributed by atoms with Crippen LogP contribution in [0, 0.1) is 17.6 Å². The second kappa shape index (κ2) is 9.74. The van der Waals surface area contributed by atoms with Gasteiger partial charge in [0.05, 0.1) is 17.2 Å². The van der Waals surface area contributed by atoms with Gasteiger partial charge in [0.2, 0.25) is 5.91 Å². The molecule has 9 heteroatoms. The standard InChI is InChI=1S/C22H20F2N2O4S/c1-13(2)12-30-16-6-3-14(4-7-16)9-19-21(28)26(22(29)31-19)11-20(27)25-18-8-5-15(23)10-17(18)24/h3-10,13H,11-12H2,1-2H3,(H,25,27). The number of hydrogen-bond donors (Lipinski definition) is 1. The molecule has 1 aliphatic heterocycles. The highest BCUT2D eigenvalue weighted by atomic mass is 32.2. The van der Waals surface area contributed by atoms with Crippen molar-refractivity contribution in [2.24, 2.45) is 5.92 Å². The van der Waals surface area contributed by atoms with Crippen molar-refractivity contribution in [2.75, 3.05) is 18.5 Å². The van der Waals surface area contributed by atoms with Crippen molar-refractivity contribution in [2.45, 2.75) is 13.8 Å². The second-order valence-corrected chi connectivity index (χ2v) is 8.21. The summed E-state index contributed by atoms with van der Waals surface area (Å²) in [5.74, 6) is -2.05. The van der Waals surface area contributed by atoms with Gasteiger partial charge in [-0.1, -0.05) is 26.0 Å². The molecule has 0 atom stereocenters. The maximum Gasteiger partial charge on any atom is 0.294 e. The highest BCUT2D eigenvalue weighted by Crippen LogP contribution is 2.32. The van der Waals surface area contributed by atoms with Crippen molar-refractivity contribution in [3.63, 3.8) is 0 Å². The van der Waals surface area contributed by atoms with Gasteiger partial charge in [0.25, 0.3) is 11.1 Å². The Morgan fingerprint density at radius 3 is 2.52 bits per heavy atom. The molecule has 2 aromatic rings. The summed E-state index contributed by atoms with van der Waals surface area (Å²) >= 11 is 0.712. The fourth-order valence-electron chi connectivity index (χ4n) is 2.64. The number of benzene rings is 2. The molecule has 0 saturated carbocycles. The molecule has 1 fully saturated rings. The first-order chi connectivity index (χ1) is 14.7. The van der Waals surface area contributed by atoms with Crippen LogP contribution in [0.15, 0.2) is 47.4 Å². The minimum Gasteiger partial charge on any atom is -0.493 e. The molecule has 31 heavy (non-hydrogen) atoms. The first-order valence-corrected chi connectivity index (χ1v) is 10.3. The predicted octanol–water partition coefficient (Wildman–Crippen LogP) is 4.67. The molecule has 0 radical (unpaired) electrons. The predicted molar refractivity (Wildman–Crippen MR) is 114 cm³/mol. The molecule has 2 aromatic carbocycles. The van der Waals surface area contributed by atoms with Crippen molar-refractivity contribution in [1.29, 1.82) is 0 Å². The summed E-state index contributed by atoms with van der Waals surface area (Å²) in [4.78, 5) is 37.8. The number of thioether (sulfide) groups is 1. The highest BCUT2D eigenvalue weighted by Gasteiger charge is 2.36. The van der Waals surface area contributed by atoms with Crippen LogP contribution in [0.2, 0.25) is 0 Å². The maximum absolute atomic E-state index is 13.7. The zero-order valence-electron chi connectivity index (χ0n) is 16.9. The third-order valence-electron chi connectivity index (χ3n) is 4.14. The van der Waals surface area contributed by atoms with E-state index in [-0.39, 0.29) is 10.6 Å². The van der Waals surface area contributed by atoms with Crippen LogP contribution in [0.4, 0.5) is 19.3 Å². The van der Waals surface area contributed by atoms with Gasteiger partial charge in [0.15, 0.2) is 0 Å². The smallest absolute Gasteiger partial charge is 0.294 e. The van der Waals surface area contributed by atoms with Crippen molar-refractivity contribution < 1.29 is 27.9 Å². The van der Waals surface area contributed by atoms with Crippen LogP contribution in [0.3, 0.4) is 0 Å². The van der Waals surface area contributed by atoms with Gasteiger partial charge in [-0.15, -0.1) is 0 Å². The lowest BCUT2D eigenvalue weighted by Crippen LogP contribution is -2.36. The number of nitrogens with one attached hydrogen (secondary N) is 1. The second-order valence-electron chi connectivity index (χ2n) is 7.21. The Kier molecular flexibility index (Phi) is 7.06. The molecule has 1 saturated heterocycles. The summed E-state index contributed by atoms with van der Waals surface area (Å²) < 4.78 is 32.2. The van der Waals surface area contributed by atoms with E-state index in [4.69, 9.17) is 4.74 Å². The lowest BCUT2D eigenvalue weighted by Gasteiger charge is -2.12. The fraction of sp³-hybridized carbons (Fsp3) is 0.227. The van der Waals surface area contributed by atoms with E-state index in [1.54, 1.807) is 30.3 Å². The van der Waals surface area contributed by atoms with Crippen LogP contribution >= 0.6 is 11.8 Å². The number of rotatable bonds is 7. The number of carbonyl (C=O) groups excluding carboxylic acids is 3. The van der Waals surface area contributed by atoms with Crippen molar-refractivity contribution >= 4 is 40.6 Å².